The molecule has 69 heavy (non-hydrogen) atoms. The summed E-state index contributed by atoms with van der Waals surface area (Å²) < 4.78 is 0. The summed E-state index contributed by atoms with van der Waals surface area (Å²) in [5.74, 6) is 0. The molecule has 0 atom stereocenters. The molecule has 0 N–H and O–H groups in total. The van der Waals surface area contributed by atoms with E-state index in [9.17, 15) is 0 Å². The fraction of sp³-hybridized carbons (Fsp3) is 0.196. The third-order valence-corrected chi connectivity index (χ3v) is 6.64. The van der Waals surface area contributed by atoms with E-state index >= 15 is 0 Å². The van der Waals surface area contributed by atoms with E-state index < -0.39 is 0 Å². The molecule has 16 radical (unpaired) electrons. The van der Waals surface area contributed by atoms with E-state index in [1.165, 1.54) is 11.1 Å². The van der Waals surface area contributed by atoms with Gasteiger partial charge in [-0.05, 0) is 83.9 Å². The first-order chi connectivity index (χ1) is 23.9. The van der Waals surface area contributed by atoms with E-state index in [0.717, 1.165) is 34.1 Å². The first-order valence-corrected chi connectivity index (χ1v) is 17.9. The standard InChI is InChI=1S/C36H28N2.5C2H6.5CH3.16Y/c1-5-13-31(14-6-1)37(32-15-7-2-8-16-32)35-25-21-29(22-26-35)30-23-27-36(28-24-30)38(33-17-9-3-10-18-33)34-19-11-4-12-20-34;5*1-2;;;;;;;;;;;;;;;;;;;;;/h1-28H;5*1-2H3;5*1H3;;;;;;;;;;;;;;;;/q;;;;;;5*-1;;;;;;;;;;;;;;;;. The van der Waals surface area contributed by atoms with E-state index in [2.05, 4.69) is 180 Å². The summed E-state index contributed by atoms with van der Waals surface area (Å²) in [5, 5.41) is 0. The maximum Gasteiger partial charge on any atom is 0.0462 e. The molecule has 0 aliphatic rings. The van der Waals surface area contributed by atoms with Crippen LogP contribution in [-0.2, 0) is 523 Å². The average Bonchev–Trinajstić information content (AvgIpc) is 3.21. The molecule has 0 unspecified atom stereocenters. The SMILES string of the molecule is CC.CC.CC.CC.CC.[CH3-].[CH3-].[CH3-].[CH3-].[CH3-].[Y].[Y].[Y].[Y].[Y].[Y].[Y].[Y].[Y].[Y].[Y].[Y].[Y].[Y].[Y].[Y].c1ccc(N(c2ccccc2)c2ccc(-c3ccc(N(c4ccccc4)c4ccccc4)cc3)cc2)cc1. The Labute approximate surface area is 832 Å². The van der Waals surface area contributed by atoms with E-state index in [0.29, 0.717) is 0 Å². The number of para-hydroxylation sites is 4. The zero-order chi connectivity index (χ0) is 35.6. The van der Waals surface area contributed by atoms with Gasteiger partial charge < -0.3 is 46.9 Å². The third kappa shape index (κ3) is 58.1. The molecule has 2 nitrogen and oxygen atoms in total. The maximum atomic E-state index is 2.28. The third-order valence-electron chi connectivity index (χ3n) is 6.64. The molecule has 0 fully saturated rings. The normalized spacial score (nSPS) is 6.29. The molecular formula is C51H73N2Y16-5. The zero-order valence-corrected chi connectivity index (χ0v) is 90.7. The van der Waals surface area contributed by atoms with Crippen molar-refractivity contribution in [2.24, 2.45) is 0 Å². The van der Waals surface area contributed by atoms with Crippen LogP contribution < -0.4 is 9.80 Å². The minimum atomic E-state index is 0. The quantitative estimate of drug-likeness (QED) is 0.147. The number of anilines is 6. The minimum absolute atomic E-state index is 0. The largest absolute Gasteiger partial charge is 0.358 e. The Hall–Kier alpha value is 12.6. The molecule has 6 aromatic carbocycles. The van der Waals surface area contributed by atoms with Gasteiger partial charge >= 0.3 is 0 Å². The molecule has 18 heteroatoms. The van der Waals surface area contributed by atoms with Crippen molar-refractivity contribution in [3.05, 3.63) is 207 Å². The van der Waals surface area contributed by atoms with Gasteiger partial charge in [-0.2, -0.15) is 0 Å². The van der Waals surface area contributed by atoms with Crippen molar-refractivity contribution >= 4 is 34.1 Å². The fourth-order valence-electron chi connectivity index (χ4n) is 4.81. The number of hydrogen-bond acceptors (Lipinski definition) is 2. The van der Waals surface area contributed by atoms with Gasteiger partial charge in [0.1, 0.15) is 0 Å². The second-order valence-corrected chi connectivity index (χ2v) is 9.11. The van der Waals surface area contributed by atoms with Crippen LogP contribution in [0.3, 0.4) is 0 Å². The molecule has 0 heterocycles. The van der Waals surface area contributed by atoms with Crippen molar-refractivity contribution < 1.29 is 523 Å². The molecule has 6 aromatic rings. The van der Waals surface area contributed by atoms with Crippen molar-refractivity contribution in [2.45, 2.75) is 69.2 Å². The first-order valence-electron chi connectivity index (χ1n) is 17.9. The van der Waals surface area contributed by atoms with Gasteiger partial charge in [0, 0.05) is 557 Å². The smallest absolute Gasteiger partial charge is 0.0462 e. The molecule has 0 saturated carbocycles. The minimum Gasteiger partial charge on any atom is -0.358 e. The Kier molecular flexibility index (Phi) is 214. The van der Waals surface area contributed by atoms with E-state index in [-0.39, 0.29) is 560 Å². The van der Waals surface area contributed by atoms with E-state index in [1.807, 2.05) is 69.2 Å². The Morgan fingerprint density at radius 2 is 0.290 bits per heavy atom. The van der Waals surface area contributed by atoms with Gasteiger partial charge in [-0.1, -0.05) is 166 Å². The van der Waals surface area contributed by atoms with Gasteiger partial charge in [-0.3, -0.25) is 0 Å². The van der Waals surface area contributed by atoms with Gasteiger partial charge in [0.05, 0.1) is 0 Å². The number of rotatable bonds is 7. The van der Waals surface area contributed by atoms with E-state index in [4.69, 9.17) is 0 Å². The van der Waals surface area contributed by atoms with Crippen LogP contribution >= 0.6 is 0 Å². The van der Waals surface area contributed by atoms with Crippen LogP contribution in [0, 0.1) is 37.1 Å². The molecule has 0 spiro atoms. The molecule has 0 amide bonds. The van der Waals surface area contributed by atoms with Crippen LogP contribution in [0.4, 0.5) is 34.1 Å². The molecule has 0 aliphatic carbocycles. The number of hydrogen-bond donors (Lipinski definition) is 0. The molecule has 0 aliphatic heterocycles. The van der Waals surface area contributed by atoms with Crippen molar-refractivity contribution in [1.82, 2.24) is 0 Å². The van der Waals surface area contributed by atoms with Crippen molar-refractivity contribution in [3.8, 4) is 11.1 Å². The number of benzene rings is 6. The Morgan fingerprint density at radius 3 is 0.420 bits per heavy atom. The van der Waals surface area contributed by atoms with Crippen molar-refractivity contribution in [1.29, 1.82) is 0 Å². The van der Waals surface area contributed by atoms with Gasteiger partial charge in [-0.25, -0.2) is 0 Å². The summed E-state index contributed by atoms with van der Waals surface area (Å²) in [5.41, 5.74) is 9.18. The van der Waals surface area contributed by atoms with Crippen molar-refractivity contribution in [2.75, 3.05) is 9.80 Å². The molecule has 340 valence electrons. The van der Waals surface area contributed by atoms with Crippen molar-refractivity contribution in [3.63, 3.8) is 0 Å². The summed E-state index contributed by atoms with van der Waals surface area (Å²) >= 11 is 0. The zero-order valence-electron chi connectivity index (χ0n) is 45.3. The fourth-order valence-corrected chi connectivity index (χ4v) is 4.81. The summed E-state index contributed by atoms with van der Waals surface area (Å²) in [4.78, 5) is 4.56. The van der Waals surface area contributed by atoms with Crippen LogP contribution in [-0.4, -0.2) is 0 Å². The van der Waals surface area contributed by atoms with Crippen LogP contribution in [0.5, 0.6) is 0 Å². The molecule has 0 saturated heterocycles. The predicted molar refractivity (Wildman–Crippen MR) is 250 cm³/mol. The van der Waals surface area contributed by atoms with Crippen LogP contribution in [0.1, 0.15) is 69.2 Å². The molecular weight excluding hydrogens is 2060 g/mol. The Balaban J connectivity index is -0.0000000369. The van der Waals surface area contributed by atoms with Gasteiger partial charge in [-0.15, -0.1) is 0 Å². The second-order valence-electron chi connectivity index (χ2n) is 9.11. The summed E-state index contributed by atoms with van der Waals surface area (Å²) in [6.45, 7) is 20.0. The summed E-state index contributed by atoms with van der Waals surface area (Å²) in [6.07, 6.45) is 0. The van der Waals surface area contributed by atoms with Crippen LogP contribution in [0.15, 0.2) is 170 Å². The van der Waals surface area contributed by atoms with Gasteiger partial charge in [0.2, 0.25) is 0 Å². The monoisotopic (exact) mass is 2140 g/mol. The predicted octanol–water partition coefficient (Wildman–Crippen LogP) is 17.6. The van der Waals surface area contributed by atoms with Gasteiger partial charge in [0.25, 0.3) is 0 Å². The van der Waals surface area contributed by atoms with Gasteiger partial charge in [0.15, 0.2) is 0 Å². The van der Waals surface area contributed by atoms with Crippen LogP contribution in [0.2, 0.25) is 0 Å². The Morgan fingerprint density at radius 1 is 0.174 bits per heavy atom. The number of nitrogens with zero attached hydrogens (tertiary/aromatic N) is 2. The topological polar surface area (TPSA) is 6.48 Å². The summed E-state index contributed by atoms with van der Waals surface area (Å²) in [6, 6.07) is 59.6. The maximum absolute atomic E-state index is 2.28. The molecule has 6 rings (SSSR count). The first kappa shape index (κ1) is 144. The van der Waals surface area contributed by atoms with E-state index in [1.54, 1.807) is 0 Å². The van der Waals surface area contributed by atoms with Crippen LogP contribution in [0.25, 0.3) is 11.1 Å². The Bertz CT molecular complexity index is 1410. The summed E-state index contributed by atoms with van der Waals surface area (Å²) in [7, 11) is 0. The average molecular weight is 2140 g/mol. The molecule has 0 aromatic heterocycles. The second kappa shape index (κ2) is 102. The molecule has 0 bridgehead atoms.